The summed E-state index contributed by atoms with van der Waals surface area (Å²) >= 11 is 0. The fourth-order valence-corrected chi connectivity index (χ4v) is 3.21. The van der Waals surface area contributed by atoms with E-state index in [1.165, 1.54) is 19.1 Å². The Labute approximate surface area is 219 Å². The molecule has 7 N–H and O–H groups in total. The molecule has 4 aromatic carbocycles. The summed E-state index contributed by atoms with van der Waals surface area (Å²) in [5.74, 6) is 2.06. The highest BCUT2D eigenvalue weighted by atomic mass is 16.6. The molecule has 4 rings (SSSR count). The lowest BCUT2D eigenvalue weighted by Gasteiger charge is -2.09. The summed E-state index contributed by atoms with van der Waals surface area (Å²) < 4.78 is 11.1. The first-order valence-corrected chi connectivity index (χ1v) is 11.5. The first-order chi connectivity index (χ1) is 18.0. The van der Waals surface area contributed by atoms with Gasteiger partial charge in [0.15, 0.2) is 5.78 Å². The summed E-state index contributed by atoms with van der Waals surface area (Å²) in [5, 5.41) is 20.2. The van der Waals surface area contributed by atoms with Crippen LogP contribution in [-0.4, -0.2) is 15.8 Å². The molecule has 10 nitrogen and oxygen atoms in total. The zero-order valence-electron chi connectivity index (χ0n) is 20.8. The van der Waals surface area contributed by atoms with E-state index < -0.39 is 11.0 Å². The maximum absolute atomic E-state index is 11.1. The minimum Gasteiger partial charge on any atom is -0.457 e. The van der Waals surface area contributed by atoms with Gasteiger partial charge >= 0.3 is 0 Å². The number of aliphatic hydroxyl groups is 1. The predicted molar refractivity (Wildman–Crippen MR) is 146 cm³/mol. The van der Waals surface area contributed by atoms with Crippen LogP contribution in [-0.2, 0) is 0 Å². The number of rotatable bonds is 7. The lowest BCUT2D eigenvalue weighted by atomic mass is 10.1. The van der Waals surface area contributed by atoms with Crippen molar-refractivity contribution in [3.05, 3.63) is 106 Å². The smallest absolute Gasteiger partial charge is 0.295 e. The second kappa shape index (κ2) is 12.2. The van der Waals surface area contributed by atoms with Gasteiger partial charge in [0.1, 0.15) is 28.7 Å². The highest BCUT2D eigenvalue weighted by molar-refractivity contribution is 5.94. The number of carbonyl (C=O) groups is 1. The highest BCUT2D eigenvalue weighted by Crippen LogP contribution is 2.30. The van der Waals surface area contributed by atoms with Crippen molar-refractivity contribution < 1.29 is 24.3 Å². The quantitative estimate of drug-likeness (QED) is 0.101. The van der Waals surface area contributed by atoms with Gasteiger partial charge in [0.25, 0.3) is 5.69 Å². The van der Waals surface area contributed by atoms with Crippen LogP contribution in [0.5, 0.6) is 23.0 Å². The molecule has 0 bridgehead atoms. The summed E-state index contributed by atoms with van der Waals surface area (Å²) in [4.78, 5) is 21.4. The van der Waals surface area contributed by atoms with E-state index >= 15 is 0 Å². The Morgan fingerprint density at radius 3 is 1.71 bits per heavy atom. The molecule has 10 heteroatoms. The number of ketones is 1. The minimum absolute atomic E-state index is 0.0420. The number of nitrogens with two attached hydrogens (primary N) is 3. The normalized spacial score (nSPS) is 11.0. The van der Waals surface area contributed by atoms with Crippen LogP contribution >= 0.6 is 0 Å². The van der Waals surface area contributed by atoms with Gasteiger partial charge in [0.2, 0.25) is 0 Å². The van der Waals surface area contributed by atoms with Gasteiger partial charge in [0, 0.05) is 11.6 Å². The maximum Gasteiger partial charge on any atom is 0.295 e. The number of nitro benzene ring substituents is 1. The lowest BCUT2D eigenvalue weighted by Crippen LogP contribution is -1.96. The first kappa shape index (κ1) is 27.5. The lowest BCUT2D eigenvalue weighted by molar-refractivity contribution is -0.384. The van der Waals surface area contributed by atoms with E-state index in [1.807, 2.05) is 12.1 Å². The molecule has 0 aliphatic rings. The number of nitrogen functional groups attached to an aromatic ring is 3. The Balaban J connectivity index is 0.000000212. The van der Waals surface area contributed by atoms with Crippen LogP contribution in [0.25, 0.3) is 0 Å². The van der Waals surface area contributed by atoms with Gasteiger partial charge in [0.05, 0.1) is 28.5 Å². The Hall–Kier alpha value is -5.09. The molecular formula is C28H28N4O6. The number of aliphatic hydroxyl groups excluding tert-OH is 1. The van der Waals surface area contributed by atoms with Gasteiger partial charge in [-0.15, -0.1) is 0 Å². The minimum atomic E-state index is -0.568. The van der Waals surface area contributed by atoms with Gasteiger partial charge in [-0.25, -0.2) is 0 Å². The summed E-state index contributed by atoms with van der Waals surface area (Å²) in [7, 11) is 0. The second-order valence-corrected chi connectivity index (χ2v) is 8.30. The summed E-state index contributed by atoms with van der Waals surface area (Å²) in [6.45, 7) is 3.19. The van der Waals surface area contributed by atoms with Crippen LogP contribution in [0.4, 0.5) is 22.7 Å². The molecule has 4 aromatic rings. The fraction of sp³-hybridized carbons (Fsp3) is 0.107. The van der Waals surface area contributed by atoms with Gasteiger partial charge in [-0.1, -0.05) is 12.1 Å². The topological polar surface area (TPSA) is 177 Å². The van der Waals surface area contributed by atoms with Crippen molar-refractivity contribution in [2.75, 3.05) is 17.2 Å². The van der Waals surface area contributed by atoms with Crippen LogP contribution in [0.1, 0.15) is 35.9 Å². The molecule has 0 heterocycles. The van der Waals surface area contributed by atoms with E-state index in [0.29, 0.717) is 39.9 Å². The number of carbonyl (C=O) groups excluding carboxylic acids is 1. The molecule has 0 aliphatic carbocycles. The maximum atomic E-state index is 11.1. The van der Waals surface area contributed by atoms with Crippen LogP contribution < -0.4 is 26.7 Å². The first-order valence-electron chi connectivity index (χ1n) is 11.5. The van der Waals surface area contributed by atoms with E-state index in [0.717, 1.165) is 5.56 Å². The number of benzene rings is 4. The van der Waals surface area contributed by atoms with Crippen molar-refractivity contribution in [1.29, 1.82) is 0 Å². The molecule has 0 radical (unpaired) electrons. The zero-order chi connectivity index (χ0) is 27.8. The molecule has 196 valence electrons. The van der Waals surface area contributed by atoms with Crippen molar-refractivity contribution in [3.63, 3.8) is 0 Å². The molecule has 38 heavy (non-hydrogen) atoms. The highest BCUT2D eigenvalue weighted by Gasteiger charge is 2.13. The van der Waals surface area contributed by atoms with E-state index in [-0.39, 0.29) is 17.2 Å². The Bertz CT molecular complexity index is 1420. The number of nitro groups is 1. The van der Waals surface area contributed by atoms with Crippen LogP contribution in [0.3, 0.4) is 0 Å². The van der Waals surface area contributed by atoms with E-state index in [9.17, 15) is 20.0 Å². The fourth-order valence-electron chi connectivity index (χ4n) is 3.21. The standard InChI is InChI=1S/C14H12N2O4.C14H16N2O2/c1-9(17)10-2-4-11(5-3-10)20-12-6-7-13(15)14(8-12)16(18)19;1-9(17)10-2-4-11(5-3-10)18-12-6-7-13(15)14(16)8-12/h2-8H,15H2,1H3;2-9,17H,15-16H2,1H3. The Morgan fingerprint density at radius 1 is 0.763 bits per heavy atom. The average Bonchev–Trinajstić information content (AvgIpc) is 2.88. The number of ether oxygens (including phenoxy) is 2. The van der Waals surface area contributed by atoms with E-state index in [4.69, 9.17) is 26.7 Å². The van der Waals surface area contributed by atoms with Gasteiger partial charge < -0.3 is 31.8 Å². The molecular weight excluding hydrogens is 488 g/mol. The van der Waals surface area contributed by atoms with Gasteiger partial charge in [-0.2, -0.15) is 0 Å². The third-order valence-electron chi connectivity index (χ3n) is 5.35. The molecule has 0 fully saturated rings. The summed E-state index contributed by atoms with van der Waals surface area (Å²) in [6.07, 6.45) is -0.480. The predicted octanol–water partition coefficient (Wildman–Crippen LogP) is 5.87. The third-order valence-corrected chi connectivity index (χ3v) is 5.35. The molecule has 0 saturated carbocycles. The molecule has 0 aliphatic heterocycles. The largest absolute Gasteiger partial charge is 0.457 e. The second-order valence-electron chi connectivity index (χ2n) is 8.30. The Kier molecular flexibility index (Phi) is 8.86. The summed E-state index contributed by atoms with van der Waals surface area (Å²) in [5.41, 5.74) is 19.1. The van der Waals surface area contributed by atoms with Crippen molar-refractivity contribution in [2.24, 2.45) is 0 Å². The van der Waals surface area contributed by atoms with Crippen LogP contribution in [0.15, 0.2) is 84.9 Å². The monoisotopic (exact) mass is 516 g/mol. The average molecular weight is 517 g/mol. The van der Waals surface area contributed by atoms with E-state index in [2.05, 4.69) is 0 Å². The van der Waals surface area contributed by atoms with E-state index in [1.54, 1.807) is 67.6 Å². The van der Waals surface area contributed by atoms with Crippen LogP contribution in [0.2, 0.25) is 0 Å². The molecule has 0 aromatic heterocycles. The number of Topliss-reactive ketones (excluding diaryl/α,β-unsaturated/α-hetero) is 1. The number of nitrogens with zero attached hydrogens (tertiary/aromatic N) is 1. The van der Waals surface area contributed by atoms with Crippen molar-refractivity contribution in [1.82, 2.24) is 0 Å². The number of hydrogen-bond acceptors (Lipinski definition) is 9. The van der Waals surface area contributed by atoms with Crippen LogP contribution in [0, 0.1) is 10.1 Å². The van der Waals surface area contributed by atoms with Crippen molar-refractivity contribution in [2.45, 2.75) is 20.0 Å². The molecule has 0 spiro atoms. The zero-order valence-corrected chi connectivity index (χ0v) is 20.8. The summed E-state index contributed by atoms with van der Waals surface area (Å²) in [6, 6.07) is 23.1. The molecule has 1 atom stereocenters. The number of hydrogen-bond donors (Lipinski definition) is 4. The van der Waals surface area contributed by atoms with Gasteiger partial charge in [-0.3, -0.25) is 14.9 Å². The number of anilines is 3. The molecule has 0 saturated heterocycles. The SMILES string of the molecule is CC(=O)c1ccc(Oc2ccc(N)c([N+](=O)[O-])c2)cc1.CC(O)c1ccc(Oc2ccc(N)c(N)c2)cc1. The molecule has 1 unspecified atom stereocenters. The molecule has 0 amide bonds. The Morgan fingerprint density at radius 2 is 1.24 bits per heavy atom. The van der Waals surface area contributed by atoms with Crippen molar-refractivity contribution >= 4 is 28.5 Å². The van der Waals surface area contributed by atoms with Crippen molar-refractivity contribution in [3.8, 4) is 23.0 Å². The van der Waals surface area contributed by atoms with Gasteiger partial charge in [-0.05, 0) is 80.1 Å². The third kappa shape index (κ3) is 7.45.